The second-order valence-corrected chi connectivity index (χ2v) is 4.72. The molecule has 2 atom stereocenters. The van der Waals surface area contributed by atoms with Gasteiger partial charge in [-0.2, -0.15) is 0 Å². The van der Waals surface area contributed by atoms with Crippen LogP contribution in [-0.2, 0) is 4.79 Å². The lowest BCUT2D eigenvalue weighted by atomic mass is 10.2. The molecule has 0 spiro atoms. The molecule has 2 unspecified atom stereocenters. The third kappa shape index (κ3) is 2.97. The maximum Gasteiger partial charge on any atom is 0.242 e. The summed E-state index contributed by atoms with van der Waals surface area (Å²) in [5, 5.41) is 5.44. The van der Waals surface area contributed by atoms with Gasteiger partial charge in [-0.25, -0.2) is 9.37 Å². The zero-order chi connectivity index (χ0) is 13.1. The van der Waals surface area contributed by atoms with Gasteiger partial charge >= 0.3 is 0 Å². The number of alkyl halides is 1. The van der Waals surface area contributed by atoms with E-state index in [2.05, 4.69) is 31.5 Å². The van der Waals surface area contributed by atoms with Crippen molar-refractivity contribution in [1.82, 2.24) is 10.3 Å². The lowest BCUT2D eigenvalue weighted by molar-refractivity contribution is -0.117. The number of rotatable bonds is 3. The molecule has 1 aromatic rings. The fourth-order valence-electron chi connectivity index (χ4n) is 1.75. The summed E-state index contributed by atoms with van der Waals surface area (Å²) in [5.74, 6) is 0.701. The largest absolute Gasteiger partial charge is 0.494 e. The maximum absolute atomic E-state index is 13.0. The summed E-state index contributed by atoms with van der Waals surface area (Å²) in [6, 6.07) is 2.82. The molecule has 2 rings (SSSR count). The van der Waals surface area contributed by atoms with Crippen molar-refractivity contribution in [3.63, 3.8) is 0 Å². The van der Waals surface area contributed by atoms with Crippen LogP contribution in [0.4, 0.5) is 10.2 Å². The molecule has 0 radical (unpaired) electrons. The summed E-state index contributed by atoms with van der Waals surface area (Å²) in [7, 11) is 1.53. The molecule has 0 aliphatic carbocycles. The quantitative estimate of drug-likeness (QED) is 0.829. The van der Waals surface area contributed by atoms with Gasteiger partial charge in [-0.05, 0) is 28.1 Å². The van der Waals surface area contributed by atoms with Crippen LogP contribution in [0.5, 0.6) is 5.75 Å². The number of carbonyl (C=O) groups excluding carboxylic acids is 1. The van der Waals surface area contributed by atoms with Crippen LogP contribution in [-0.4, -0.2) is 36.8 Å². The van der Waals surface area contributed by atoms with Gasteiger partial charge in [-0.3, -0.25) is 4.79 Å². The molecule has 98 valence electrons. The normalized spacial score (nSPS) is 22.8. The van der Waals surface area contributed by atoms with E-state index in [4.69, 9.17) is 4.74 Å². The summed E-state index contributed by atoms with van der Waals surface area (Å²) in [6.45, 7) is 0.220. The van der Waals surface area contributed by atoms with E-state index in [9.17, 15) is 9.18 Å². The molecule has 1 amide bonds. The summed E-state index contributed by atoms with van der Waals surface area (Å²) in [5.41, 5.74) is 0. The van der Waals surface area contributed by atoms with Gasteiger partial charge in [0, 0.05) is 13.0 Å². The molecule has 2 N–H and O–H groups in total. The summed E-state index contributed by atoms with van der Waals surface area (Å²) in [4.78, 5) is 15.9. The predicted octanol–water partition coefficient (Wildman–Crippen LogP) is 1.49. The van der Waals surface area contributed by atoms with Crippen molar-refractivity contribution in [3.05, 3.63) is 16.7 Å². The Labute approximate surface area is 112 Å². The van der Waals surface area contributed by atoms with E-state index < -0.39 is 12.2 Å². The molecule has 2 heterocycles. The molecule has 1 aliphatic rings. The molecule has 18 heavy (non-hydrogen) atoms. The highest BCUT2D eigenvalue weighted by Crippen LogP contribution is 2.24. The fraction of sp³-hybridized carbons (Fsp3) is 0.455. The number of halogens is 2. The number of carbonyl (C=O) groups is 1. The Hall–Kier alpha value is -1.21. The second-order valence-electron chi connectivity index (χ2n) is 3.97. The van der Waals surface area contributed by atoms with Gasteiger partial charge in [0.2, 0.25) is 5.91 Å². The minimum absolute atomic E-state index is 0.198. The molecule has 0 aromatic carbocycles. The number of aromatic nitrogens is 1. The standard InChI is InChI=1S/C11H13BrFN3O2/c1-18-8-2-3-9(15-10(8)12)16-11(17)7-4-6(13)5-14-7/h2-3,6-7,14H,4-5H2,1H3,(H,15,16,17). The van der Waals surface area contributed by atoms with Crippen LogP contribution in [0.15, 0.2) is 16.7 Å². The average Bonchev–Trinajstić information content (AvgIpc) is 2.76. The number of nitrogens with zero attached hydrogens (tertiary/aromatic N) is 1. The van der Waals surface area contributed by atoms with Gasteiger partial charge in [0.25, 0.3) is 0 Å². The summed E-state index contributed by atoms with van der Waals surface area (Å²) in [6.07, 6.45) is -0.764. The molecule has 7 heteroatoms. The van der Waals surface area contributed by atoms with Crippen molar-refractivity contribution in [2.75, 3.05) is 19.0 Å². The zero-order valence-corrected chi connectivity index (χ0v) is 11.3. The first-order chi connectivity index (χ1) is 8.60. The monoisotopic (exact) mass is 317 g/mol. The van der Waals surface area contributed by atoms with Gasteiger partial charge in [-0.15, -0.1) is 0 Å². The molecular formula is C11H13BrFN3O2. The van der Waals surface area contributed by atoms with Crippen molar-refractivity contribution in [2.24, 2.45) is 0 Å². The van der Waals surface area contributed by atoms with Gasteiger partial charge in [0.05, 0.1) is 13.2 Å². The third-order valence-electron chi connectivity index (χ3n) is 2.68. The van der Waals surface area contributed by atoms with Crippen LogP contribution in [0.1, 0.15) is 6.42 Å². The van der Waals surface area contributed by atoms with Crippen LogP contribution in [0.2, 0.25) is 0 Å². The average molecular weight is 318 g/mol. The van der Waals surface area contributed by atoms with Crippen LogP contribution in [0, 0.1) is 0 Å². The van der Waals surface area contributed by atoms with Crippen LogP contribution in [0.3, 0.4) is 0 Å². The van der Waals surface area contributed by atoms with Crippen LogP contribution in [0.25, 0.3) is 0 Å². The zero-order valence-electron chi connectivity index (χ0n) is 9.74. The Morgan fingerprint density at radius 3 is 3.00 bits per heavy atom. The topological polar surface area (TPSA) is 63.2 Å². The Bertz CT molecular complexity index is 458. The number of nitrogens with one attached hydrogen (secondary N) is 2. The molecule has 1 saturated heterocycles. The highest BCUT2D eigenvalue weighted by molar-refractivity contribution is 9.10. The molecule has 1 aliphatic heterocycles. The minimum Gasteiger partial charge on any atom is -0.494 e. The maximum atomic E-state index is 13.0. The van der Waals surface area contributed by atoms with Gasteiger partial charge in [-0.1, -0.05) is 0 Å². The molecule has 1 aromatic heterocycles. The molecule has 0 bridgehead atoms. The second kappa shape index (κ2) is 5.62. The molecule has 0 saturated carbocycles. The molecule has 5 nitrogen and oxygen atoms in total. The van der Waals surface area contributed by atoms with E-state index in [0.717, 1.165) is 0 Å². The highest BCUT2D eigenvalue weighted by atomic mass is 79.9. The number of anilines is 1. The summed E-state index contributed by atoms with van der Waals surface area (Å²) >= 11 is 3.23. The number of ether oxygens (including phenoxy) is 1. The van der Waals surface area contributed by atoms with Gasteiger partial charge in [0.1, 0.15) is 16.6 Å². The first kappa shape index (κ1) is 13.2. The van der Waals surface area contributed by atoms with E-state index in [-0.39, 0.29) is 18.9 Å². The summed E-state index contributed by atoms with van der Waals surface area (Å²) < 4.78 is 18.5. The van der Waals surface area contributed by atoms with Gasteiger partial charge < -0.3 is 15.4 Å². The first-order valence-electron chi connectivity index (χ1n) is 5.49. The highest BCUT2D eigenvalue weighted by Gasteiger charge is 2.29. The van der Waals surface area contributed by atoms with E-state index in [1.54, 1.807) is 12.1 Å². The Kier molecular flexibility index (Phi) is 4.13. The number of pyridine rings is 1. The van der Waals surface area contributed by atoms with Crippen molar-refractivity contribution in [3.8, 4) is 5.75 Å². The number of hydrogen-bond donors (Lipinski definition) is 2. The number of amides is 1. The smallest absolute Gasteiger partial charge is 0.242 e. The van der Waals surface area contributed by atoms with Gasteiger partial charge in [0.15, 0.2) is 5.75 Å². The molecule has 1 fully saturated rings. The number of methoxy groups -OCH3 is 1. The minimum atomic E-state index is -0.962. The fourth-order valence-corrected chi connectivity index (χ4v) is 2.23. The van der Waals surface area contributed by atoms with Crippen molar-refractivity contribution >= 4 is 27.7 Å². The molecular weight excluding hydrogens is 305 g/mol. The third-order valence-corrected chi connectivity index (χ3v) is 3.25. The van der Waals surface area contributed by atoms with Crippen LogP contribution < -0.4 is 15.4 Å². The van der Waals surface area contributed by atoms with E-state index in [1.165, 1.54) is 7.11 Å². The Morgan fingerprint density at radius 1 is 1.67 bits per heavy atom. The van der Waals surface area contributed by atoms with E-state index >= 15 is 0 Å². The van der Waals surface area contributed by atoms with Crippen LogP contribution >= 0.6 is 15.9 Å². The first-order valence-corrected chi connectivity index (χ1v) is 6.28. The number of hydrogen-bond acceptors (Lipinski definition) is 4. The Morgan fingerprint density at radius 2 is 2.44 bits per heavy atom. The Balaban J connectivity index is 2.01. The lowest BCUT2D eigenvalue weighted by Crippen LogP contribution is -2.35. The van der Waals surface area contributed by atoms with E-state index in [0.29, 0.717) is 16.2 Å². The van der Waals surface area contributed by atoms with Crippen molar-refractivity contribution in [2.45, 2.75) is 18.6 Å². The predicted molar refractivity (Wildman–Crippen MR) is 68.4 cm³/mol. The SMILES string of the molecule is COc1ccc(NC(=O)C2CC(F)CN2)nc1Br. The van der Waals surface area contributed by atoms with Crippen molar-refractivity contribution in [1.29, 1.82) is 0 Å². The van der Waals surface area contributed by atoms with E-state index in [1.807, 2.05) is 0 Å². The lowest BCUT2D eigenvalue weighted by Gasteiger charge is -2.11. The van der Waals surface area contributed by atoms with Crippen molar-refractivity contribution < 1.29 is 13.9 Å².